The van der Waals surface area contributed by atoms with Crippen molar-refractivity contribution < 1.29 is 14.6 Å². The van der Waals surface area contributed by atoms with Crippen molar-refractivity contribution in [3.05, 3.63) is 54.2 Å². The van der Waals surface area contributed by atoms with E-state index in [2.05, 4.69) is 10.3 Å². The Bertz CT molecular complexity index is 889. The van der Waals surface area contributed by atoms with Gasteiger partial charge in [-0.1, -0.05) is 18.2 Å². The molecule has 0 unspecified atom stereocenters. The van der Waals surface area contributed by atoms with E-state index >= 15 is 0 Å². The molecule has 6 nitrogen and oxygen atoms in total. The van der Waals surface area contributed by atoms with Gasteiger partial charge < -0.3 is 24.5 Å². The fraction of sp³-hybridized carbons (Fsp3) is 0.167. The summed E-state index contributed by atoms with van der Waals surface area (Å²) in [4.78, 5) is 4.43. The van der Waals surface area contributed by atoms with Crippen molar-refractivity contribution in [3.63, 3.8) is 0 Å². The molecule has 0 spiro atoms. The Morgan fingerprint density at radius 1 is 1.17 bits per heavy atom. The van der Waals surface area contributed by atoms with Crippen molar-refractivity contribution >= 4 is 5.95 Å². The van der Waals surface area contributed by atoms with E-state index < -0.39 is 0 Å². The number of aromatic hydroxyl groups is 1. The van der Waals surface area contributed by atoms with Gasteiger partial charge in [0.05, 0.1) is 11.9 Å². The van der Waals surface area contributed by atoms with E-state index in [0.717, 1.165) is 34.3 Å². The van der Waals surface area contributed by atoms with Gasteiger partial charge in [-0.3, -0.25) is 0 Å². The topological polar surface area (TPSA) is 68.5 Å². The highest BCUT2D eigenvalue weighted by Gasteiger charge is 2.16. The van der Waals surface area contributed by atoms with Crippen LogP contribution >= 0.6 is 0 Å². The van der Waals surface area contributed by atoms with Crippen LogP contribution in [0.4, 0.5) is 5.95 Å². The van der Waals surface area contributed by atoms with E-state index in [0.29, 0.717) is 6.54 Å². The fourth-order valence-corrected chi connectivity index (χ4v) is 2.73. The van der Waals surface area contributed by atoms with Crippen molar-refractivity contribution in [3.8, 4) is 28.5 Å². The van der Waals surface area contributed by atoms with E-state index in [1.165, 1.54) is 0 Å². The molecule has 0 radical (unpaired) electrons. The second-order valence-corrected chi connectivity index (χ2v) is 5.58. The van der Waals surface area contributed by atoms with Crippen LogP contribution in [-0.2, 0) is 13.6 Å². The second-order valence-electron chi connectivity index (χ2n) is 5.58. The third-order valence-electron chi connectivity index (χ3n) is 4.09. The molecule has 2 heterocycles. The molecular weight excluding hydrogens is 306 g/mol. The predicted molar refractivity (Wildman–Crippen MR) is 90.2 cm³/mol. The Hall–Kier alpha value is -3.15. The van der Waals surface area contributed by atoms with Gasteiger partial charge in [0, 0.05) is 24.7 Å². The van der Waals surface area contributed by atoms with Crippen molar-refractivity contribution in [2.45, 2.75) is 6.54 Å². The van der Waals surface area contributed by atoms with Crippen LogP contribution in [0.15, 0.2) is 48.7 Å². The standard InChI is InChI=1S/C18H17N3O3/c1-21-14(12-6-7-16-17(8-12)24-11-23-16)10-20-18(21)19-9-13-4-2-3-5-15(13)22/h2-8,10,22H,9,11H2,1H3,(H,19,20). The molecule has 3 aromatic rings. The molecule has 2 N–H and O–H groups in total. The zero-order valence-corrected chi connectivity index (χ0v) is 13.2. The number of hydrogen-bond donors (Lipinski definition) is 2. The van der Waals surface area contributed by atoms with E-state index in [-0.39, 0.29) is 12.5 Å². The summed E-state index contributed by atoms with van der Waals surface area (Å²) >= 11 is 0. The maximum absolute atomic E-state index is 9.84. The summed E-state index contributed by atoms with van der Waals surface area (Å²) in [7, 11) is 1.94. The smallest absolute Gasteiger partial charge is 0.231 e. The summed E-state index contributed by atoms with van der Waals surface area (Å²) in [5.41, 5.74) is 2.79. The monoisotopic (exact) mass is 323 g/mol. The molecule has 1 aliphatic rings. The van der Waals surface area contributed by atoms with Gasteiger partial charge in [-0.25, -0.2) is 4.98 Å². The molecular formula is C18H17N3O3. The molecule has 4 rings (SSSR count). The van der Waals surface area contributed by atoms with Gasteiger partial charge in [0.15, 0.2) is 11.5 Å². The summed E-state index contributed by atoms with van der Waals surface area (Å²) in [6, 6.07) is 13.1. The highest BCUT2D eigenvalue weighted by atomic mass is 16.7. The minimum Gasteiger partial charge on any atom is -0.508 e. The van der Waals surface area contributed by atoms with Gasteiger partial charge in [-0.2, -0.15) is 0 Å². The molecule has 24 heavy (non-hydrogen) atoms. The van der Waals surface area contributed by atoms with Crippen molar-refractivity contribution in [2.24, 2.45) is 7.05 Å². The zero-order valence-electron chi connectivity index (χ0n) is 13.2. The van der Waals surface area contributed by atoms with Crippen molar-refractivity contribution in [1.82, 2.24) is 9.55 Å². The maximum atomic E-state index is 9.84. The van der Waals surface area contributed by atoms with Gasteiger partial charge in [-0.05, 0) is 24.3 Å². The molecule has 1 aromatic heterocycles. The number of phenols is 1. The van der Waals surface area contributed by atoms with Crippen LogP contribution in [0.2, 0.25) is 0 Å². The molecule has 2 aromatic carbocycles. The highest BCUT2D eigenvalue weighted by Crippen LogP contribution is 2.36. The molecule has 6 heteroatoms. The largest absolute Gasteiger partial charge is 0.508 e. The lowest BCUT2D eigenvalue weighted by Crippen LogP contribution is -2.05. The highest BCUT2D eigenvalue weighted by molar-refractivity contribution is 5.66. The number of para-hydroxylation sites is 1. The first kappa shape index (κ1) is 14.4. The Morgan fingerprint density at radius 3 is 2.88 bits per heavy atom. The van der Waals surface area contributed by atoms with Crippen LogP contribution in [0.25, 0.3) is 11.3 Å². The molecule has 0 aliphatic carbocycles. The van der Waals surface area contributed by atoms with Crippen LogP contribution in [0.3, 0.4) is 0 Å². The maximum Gasteiger partial charge on any atom is 0.231 e. The minimum absolute atomic E-state index is 0.261. The Morgan fingerprint density at radius 2 is 2.00 bits per heavy atom. The number of anilines is 1. The van der Waals surface area contributed by atoms with Crippen LogP contribution in [0, 0.1) is 0 Å². The average Bonchev–Trinajstić information content (AvgIpc) is 3.20. The molecule has 0 fully saturated rings. The number of benzene rings is 2. The summed E-state index contributed by atoms with van der Waals surface area (Å²) < 4.78 is 12.7. The predicted octanol–water partition coefficient (Wildman–Crippen LogP) is 3.13. The zero-order chi connectivity index (χ0) is 16.5. The summed E-state index contributed by atoms with van der Waals surface area (Å²) in [6.07, 6.45) is 1.81. The van der Waals surface area contributed by atoms with Crippen LogP contribution in [0.1, 0.15) is 5.56 Å². The van der Waals surface area contributed by atoms with E-state index in [9.17, 15) is 5.11 Å². The Labute approximate surface area is 139 Å². The lowest BCUT2D eigenvalue weighted by atomic mass is 10.1. The third-order valence-corrected chi connectivity index (χ3v) is 4.09. The minimum atomic E-state index is 0.261. The molecule has 0 saturated heterocycles. The van der Waals surface area contributed by atoms with Crippen LogP contribution < -0.4 is 14.8 Å². The van der Waals surface area contributed by atoms with Gasteiger partial charge >= 0.3 is 0 Å². The van der Waals surface area contributed by atoms with Gasteiger partial charge in [0.1, 0.15) is 5.75 Å². The second kappa shape index (κ2) is 5.81. The van der Waals surface area contributed by atoms with Crippen molar-refractivity contribution in [1.29, 1.82) is 0 Å². The van der Waals surface area contributed by atoms with E-state index in [1.807, 2.05) is 48.1 Å². The number of aromatic nitrogens is 2. The summed E-state index contributed by atoms with van der Waals surface area (Å²) in [5, 5.41) is 13.1. The molecule has 122 valence electrons. The third kappa shape index (κ3) is 2.52. The average molecular weight is 323 g/mol. The lowest BCUT2D eigenvalue weighted by molar-refractivity contribution is 0.174. The van der Waals surface area contributed by atoms with Gasteiger partial charge in [-0.15, -0.1) is 0 Å². The van der Waals surface area contributed by atoms with Crippen LogP contribution in [0.5, 0.6) is 17.2 Å². The normalized spacial score (nSPS) is 12.4. The first-order valence-electron chi connectivity index (χ1n) is 7.65. The molecule has 0 saturated carbocycles. The Balaban J connectivity index is 1.56. The van der Waals surface area contributed by atoms with Crippen LogP contribution in [-0.4, -0.2) is 21.5 Å². The van der Waals surface area contributed by atoms with E-state index in [4.69, 9.17) is 9.47 Å². The van der Waals surface area contributed by atoms with Gasteiger partial charge in [0.2, 0.25) is 12.7 Å². The number of nitrogens with one attached hydrogen (secondary N) is 1. The molecule has 0 bridgehead atoms. The number of rotatable bonds is 4. The number of imidazole rings is 1. The molecule has 0 amide bonds. The van der Waals surface area contributed by atoms with Gasteiger partial charge in [0.25, 0.3) is 0 Å². The summed E-state index contributed by atoms with van der Waals surface area (Å²) in [5.74, 6) is 2.51. The number of nitrogens with zero attached hydrogens (tertiary/aromatic N) is 2. The molecule has 1 aliphatic heterocycles. The number of hydrogen-bond acceptors (Lipinski definition) is 5. The first-order valence-corrected chi connectivity index (χ1v) is 7.65. The van der Waals surface area contributed by atoms with Crippen molar-refractivity contribution in [2.75, 3.05) is 12.1 Å². The number of ether oxygens (including phenoxy) is 2. The number of fused-ring (bicyclic) bond motifs is 1. The summed E-state index contributed by atoms with van der Waals surface area (Å²) in [6.45, 7) is 0.760. The Kier molecular flexibility index (Phi) is 3.49. The first-order chi connectivity index (χ1) is 11.7. The SMILES string of the molecule is Cn1c(-c2ccc3c(c2)OCO3)cnc1NCc1ccccc1O. The number of phenolic OH excluding ortho intramolecular Hbond substituents is 1. The lowest BCUT2D eigenvalue weighted by Gasteiger charge is -2.09. The van der Waals surface area contributed by atoms with E-state index in [1.54, 1.807) is 12.1 Å². The molecule has 0 atom stereocenters. The fourth-order valence-electron chi connectivity index (χ4n) is 2.73. The quantitative estimate of drug-likeness (QED) is 0.772.